The first kappa shape index (κ1) is 16.7. The van der Waals surface area contributed by atoms with Crippen molar-refractivity contribution in [1.82, 2.24) is 15.2 Å². The van der Waals surface area contributed by atoms with Gasteiger partial charge in [0.05, 0.1) is 0 Å². The maximum atomic E-state index is 12.6. The van der Waals surface area contributed by atoms with Gasteiger partial charge in [-0.3, -0.25) is 14.6 Å². The quantitative estimate of drug-likeness (QED) is 0.922. The Bertz CT molecular complexity index is 686. The smallest absolute Gasteiger partial charge is 0.253 e. The molecule has 0 aliphatic rings. The molecule has 5 nitrogen and oxygen atoms in total. The van der Waals surface area contributed by atoms with Crippen LogP contribution in [0.1, 0.15) is 23.7 Å². The summed E-state index contributed by atoms with van der Waals surface area (Å²) in [6.45, 7) is 1.86. The third kappa shape index (κ3) is 4.16. The fourth-order valence-corrected chi connectivity index (χ4v) is 2.29. The Balaban J connectivity index is 2.18. The number of amides is 2. The van der Waals surface area contributed by atoms with Crippen molar-refractivity contribution in [2.45, 2.75) is 19.4 Å². The molecule has 0 saturated carbocycles. The predicted octanol–water partition coefficient (Wildman–Crippen LogP) is 2.35. The molecule has 0 spiro atoms. The summed E-state index contributed by atoms with van der Waals surface area (Å²) in [5.74, 6) is -0.181. The van der Waals surface area contributed by atoms with Crippen molar-refractivity contribution in [3.8, 4) is 11.1 Å². The number of pyridine rings is 1. The van der Waals surface area contributed by atoms with Crippen LogP contribution >= 0.6 is 0 Å². The Kier molecular flexibility index (Phi) is 5.46. The van der Waals surface area contributed by atoms with Crippen LogP contribution in [-0.4, -0.2) is 41.8 Å². The minimum absolute atomic E-state index is 0.0808. The van der Waals surface area contributed by atoms with Gasteiger partial charge in [0.15, 0.2) is 0 Å². The average Bonchev–Trinajstić information content (AvgIpc) is 2.61. The van der Waals surface area contributed by atoms with Crippen LogP contribution in [0.25, 0.3) is 11.1 Å². The van der Waals surface area contributed by atoms with Crippen LogP contribution in [0.2, 0.25) is 0 Å². The fourth-order valence-electron chi connectivity index (χ4n) is 2.29. The van der Waals surface area contributed by atoms with E-state index in [-0.39, 0.29) is 24.3 Å². The molecule has 0 radical (unpaired) electrons. The van der Waals surface area contributed by atoms with Gasteiger partial charge in [0.2, 0.25) is 5.91 Å². The van der Waals surface area contributed by atoms with Crippen LogP contribution in [0.5, 0.6) is 0 Å². The lowest BCUT2D eigenvalue weighted by atomic mass is 10.0. The summed E-state index contributed by atoms with van der Waals surface area (Å²) < 4.78 is 0. The van der Waals surface area contributed by atoms with Crippen LogP contribution < -0.4 is 5.32 Å². The molecule has 5 heteroatoms. The van der Waals surface area contributed by atoms with Crippen molar-refractivity contribution in [1.29, 1.82) is 0 Å². The van der Waals surface area contributed by atoms with Gasteiger partial charge in [0.1, 0.15) is 0 Å². The van der Waals surface area contributed by atoms with Crippen LogP contribution in [0.3, 0.4) is 0 Å². The molecule has 1 atom stereocenters. The molecule has 2 rings (SSSR count). The second kappa shape index (κ2) is 7.54. The molecule has 2 amide bonds. The number of hydrogen-bond donors (Lipinski definition) is 1. The summed E-state index contributed by atoms with van der Waals surface area (Å²) in [5.41, 5.74) is 2.58. The van der Waals surface area contributed by atoms with E-state index < -0.39 is 0 Å². The van der Waals surface area contributed by atoms with E-state index in [0.717, 1.165) is 11.1 Å². The van der Waals surface area contributed by atoms with Crippen LogP contribution in [-0.2, 0) is 4.79 Å². The lowest BCUT2D eigenvalue weighted by molar-refractivity contribution is -0.121. The van der Waals surface area contributed by atoms with Crippen LogP contribution in [0.4, 0.5) is 0 Å². The van der Waals surface area contributed by atoms with Crippen molar-refractivity contribution < 1.29 is 9.59 Å². The molecule has 1 heterocycles. The summed E-state index contributed by atoms with van der Waals surface area (Å²) >= 11 is 0. The zero-order valence-electron chi connectivity index (χ0n) is 13.6. The van der Waals surface area contributed by atoms with Crippen molar-refractivity contribution in [2.75, 3.05) is 14.1 Å². The van der Waals surface area contributed by atoms with Crippen LogP contribution in [0, 0.1) is 0 Å². The molecule has 1 aromatic heterocycles. The van der Waals surface area contributed by atoms with E-state index in [1.54, 1.807) is 37.5 Å². The topological polar surface area (TPSA) is 62.3 Å². The number of benzene rings is 1. The SMILES string of the molecule is CNC(=O)C[C@H](C)N(C)C(=O)c1cccc(-c2ccncc2)c1. The molecule has 1 aromatic carbocycles. The zero-order valence-corrected chi connectivity index (χ0v) is 13.6. The number of carbonyl (C=O) groups excluding carboxylic acids is 2. The lowest BCUT2D eigenvalue weighted by Crippen LogP contribution is -2.38. The molecule has 120 valence electrons. The van der Waals surface area contributed by atoms with Gasteiger partial charge in [-0.15, -0.1) is 0 Å². The summed E-state index contributed by atoms with van der Waals surface area (Å²) in [6, 6.07) is 11.1. The van der Waals surface area contributed by atoms with Gasteiger partial charge in [-0.05, 0) is 42.3 Å². The van der Waals surface area contributed by atoms with E-state index in [0.29, 0.717) is 5.56 Å². The molecule has 0 fully saturated rings. The molecule has 0 unspecified atom stereocenters. The van der Waals surface area contributed by atoms with Crippen molar-refractivity contribution in [3.63, 3.8) is 0 Å². The molecule has 0 aliphatic carbocycles. The zero-order chi connectivity index (χ0) is 16.8. The largest absolute Gasteiger partial charge is 0.359 e. The van der Waals surface area contributed by atoms with Crippen molar-refractivity contribution >= 4 is 11.8 Å². The minimum Gasteiger partial charge on any atom is -0.359 e. The van der Waals surface area contributed by atoms with Gasteiger partial charge in [0, 0.05) is 44.5 Å². The number of carbonyl (C=O) groups is 2. The highest BCUT2D eigenvalue weighted by Crippen LogP contribution is 2.20. The first-order valence-electron chi connectivity index (χ1n) is 7.51. The Morgan fingerprint density at radius 1 is 1.17 bits per heavy atom. The van der Waals surface area contributed by atoms with E-state index in [2.05, 4.69) is 10.3 Å². The normalized spacial score (nSPS) is 11.6. The number of nitrogens with one attached hydrogen (secondary N) is 1. The monoisotopic (exact) mass is 311 g/mol. The second-order valence-corrected chi connectivity index (χ2v) is 5.46. The number of nitrogens with zero attached hydrogens (tertiary/aromatic N) is 2. The molecule has 1 N–H and O–H groups in total. The van der Waals surface area contributed by atoms with Gasteiger partial charge < -0.3 is 10.2 Å². The standard InChI is InChI=1S/C18H21N3O2/c1-13(11-17(22)19-2)21(3)18(23)16-6-4-5-15(12-16)14-7-9-20-10-8-14/h4-10,12-13H,11H2,1-3H3,(H,19,22)/t13-/m0/s1. The molecule has 0 bridgehead atoms. The molecular weight excluding hydrogens is 290 g/mol. The van der Waals surface area contributed by atoms with Crippen molar-refractivity contribution in [2.24, 2.45) is 0 Å². The highest BCUT2D eigenvalue weighted by molar-refractivity contribution is 5.95. The number of rotatable bonds is 5. The molecular formula is C18H21N3O2. The molecule has 0 saturated heterocycles. The van der Waals surface area contributed by atoms with Crippen LogP contribution in [0.15, 0.2) is 48.8 Å². The van der Waals surface area contributed by atoms with E-state index in [9.17, 15) is 9.59 Å². The lowest BCUT2D eigenvalue weighted by Gasteiger charge is -2.24. The second-order valence-electron chi connectivity index (χ2n) is 5.46. The number of aromatic nitrogens is 1. The third-order valence-corrected chi connectivity index (χ3v) is 3.86. The first-order chi connectivity index (χ1) is 11.0. The van der Waals surface area contributed by atoms with Crippen molar-refractivity contribution in [3.05, 3.63) is 54.4 Å². The minimum atomic E-state index is -0.174. The first-order valence-corrected chi connectivity index (χ1v) is 7.51. The summed E-state index contributed by atoms with van der Waals surface area (Å²) in [4.78, 5) is 29.7. The van der Waals surface area contributed by atoms with Gasteiger partial charge in [-0.2, -0.15) is 0 Å². The van der Waals surface area contributed by atoms with Gasteiger partial charge in [-0.1, -0.05) is 12.1 Å². The van der Waals surface area contributed by atoms with Gasteiger partial charge in [0.25, 0.3) is 5.91 Å². The predicted molar refractivity (Wildman–Crippen MR) is 89.9 cm³/mol. The van der Waals surface area contributed by atoms with Gasteiger partial charge in [-0.25, -0.2) is 0 Å². The van der Waals surface area contributed by atoms with E-state index in [1.807, 2.05) is 37.3 Å². The summed E-state index contributed by atoms with van der Waals surface area (Å²) in [7, 11) is 3.31. The highest BCUT2D eigenvalue weighted by atomic mass is 16.2. The Hall–Kier alpha value is -2.69. The molecule has 23 heavy (non-hydrogen) atoms. The van der Waals surface area contributed by atoms with Gasteiger partial charge >= 0.3 is 0 Å². The van der Waals surface area contributed by atoms with E-state index in [4.69, 9.17) is 0 Å². The summed E-state index contributed by atoms with van der Waals surface area (Å²) in [5, 5.41) is 2.58. The Labute approximate surface area is 136 Å². The van der Waals surface area contributed by atoms with E-state index in [1.165, 1.54) is 0 Å². The summed E-state index contributed by atoms with van der Waals surface area (Å²) in [6.07, 6.45) is 3.73. The fraction of sp³-hybridized carbons (Fsp3) is 0.278. The maximum absolute atomic E-state index is 12.6. The van der Waals surface area contributed by atoms with E-state index >= 15 is 0 Å². The molecule has 0 aliphatic heterocycles. The molecule has 2 aromatic rings. The third-order valence-electron chi connectivity index (χ3n) is 3.86. The Morgan fingerprint density at radius 3 is 2.52 bits per heavy atom. The maximum Gasteiger partial charge on any atom is 0.253 e. The number of hydrogen-bond acceptors (Lipinski definition) is 3. The average molecular weight is 311 g/mol. The Morgan fingerprint density at radius 2 is 1.87 bits per heavy atom. The highest BCUT2D eigenvalue weighted by Gasteiger charge is 2.19.